The predicted molar refractivity (Wildman–Crippen MR) is 140 cm³/mol. The largest absolute Gasteiger partial charge is 0.456 e. The first kappa shape index (κ1) is 23.0. The molecule has 0 aliphatic heterocycles. The second-order valence-electron chi connectivity index (χ2n) is 8.44. The van der Waals surface area contributed by atoms with E-state index in [0.29, 0.717) is 29.2 Å². The Morgan fingerprint density at radius 2 is 1.83 bits per heavy atom. The zero-order valence-electron chi connectivity index (χ0n) is 19.9. The molecule has 0 spiro atoms. The number of ether oxygens (including phenoxy) is 1. The summed E-state index contributed by atoms with van der Waals surface area (Å²) in [6, 6.07) is 18.6. The highest BCUT2D eigenvalue weighted by Crippen LogP contribution is 2.32. The van der Waals surface area contributed by atoms with Gasteiger partial charge in [-0.25, -0.2) is 0 Å². The first-order valence-electron chi connectivity index (χ1n) is 11.5. The van der Waals surface area contributed by atoms with Crippen LogP contribution in [0.4, 0.5) is 0 Å². The zero-order chi connectivity index (χ0) is 25.1. The van der Waals surface area contributed by atoms with Gasteiger partial charge in [0.25, 0.3) is 5.91 Å². The van der Waals surface area contributed by atoms with Crippen LogP contribution in [0.25, 0.3) is 16.6 Å². The maximum absolute atomic E-state index is 12.9. The fraction of sp³-hybridized carbons (Fsp3) is 0.103. The van der Waals surface area contributed by atoms with Gasteiger partial charge >= 0.3 is 0 Å². The second kappa shape index (κ2) is 9.84. The fourth-order valence-electron chi connectivity index (χ4n) is 3.99. The number of carbonyl (C=O) groups excluding carboxylic acids is 2. The van der Waals surface area contributed by atoms with E-state index in [1.807, 2.05) is 60.2 Å². The number of rotatable bonds is 7. The maximum atomic E-state index is 12.9. The van der Waals surface area contributed by atoms with Crippen molar-refractivity contribution in [3.05, 3.63) is 114 Å². The van der Waals surface area contributed by atoms with Crippen molar-refractivity contribution in [1.82, 2.24) is 19.9 Å². The summed E-state index contributed by atoms with van der Waals surface area (Å²) < 4.78 is 8.17. The van der Waals surface area contributed by atoms with Gasteiger partial charge in [-0.05, 0) is 74.0 Å². The normalized spacial score (nSPS) is 10.8. The number of ketones is 1. The number of aromatic nitrogens is 3. The molecule has 0 bridgehead atoms. The van der Waals surface area contributed by atoms with Crippen LogP contribution in [0.1, 0.15) is 40.2 Å². The average Bonchev–Trinajstić information content (AvgIpc) is 3.40. The molecule has 180 valence electrons. The van der Waals surface area contributed by atoms with Gasteiger partial charge in [-0.2, -0.15) is 0 Å². The predicted octanol–water partition coefficient (Wildman–Crippen LogP) is 5.90. The van der Waals surface area contributed by atoms with Crippen LogP contribution >= 0.6 is 0 Å². The molecule has 3 aromatic heterocycles. The third-order valence-electron chi connectivity index (χ3n) is 6.03. The van der Waals surface area contributed by atoms with Gasteiger partial charge in [-0.1, -0.05) is 6.07 Å². The number of hydrogen-bond acceptors (Lipinski definition) is 5. The molecule has 0 aliphatic rings. The first-order chi connectivity index (χ1) is 17.5. The number of fused-ring (bicyclic) bond motifs is 1. The highest BCUT2D eigenvalue weighted by Gasteiger charge is 2.14. The summed E-state index contributed by atoms with van der Waals surface area (Å²) in [5.74, 6) is 1.09. The lowest BCUT2D eigenvalue weighted by molar-refractivity contribution is 0.0949. The Labute approximate surface area is 209 Å². The van der Waals surface area contributed by atoms with Crippen molar-refractivity contribution < 1.29 is 15.8 Å². The van der Waals surface area contributed by atoms with E-state index in [4.69, 9.17) is 4.74 Å². The maximum Gasteiger partial charge on any atom is 0.251 e. The monoisotopic (exact) mass is 478 g/mol. The molecule has 0 radical (unpaired) electrons. The molecule has 2 aromatic carbocycles. The molecule has 0 fully saturated rings. The lowest BCUT2D eigenvalue weighted by atomic mass is 10.1. The van der Waals surface area contributed by atoms with E-state index in [1.54, 1.807) is 49.9 Å². The number of Topliss-reactive ketones (excluding diaryl/α,β-unsaturated/α-hetero) is 1. The van der Waals surface area contributed by atoms with E-state index in [0.717, 1.165) is 27.7 Å². The van der Waals surface area contributed by atoms with Crippen molar-refractivity contribution in [3.63, 3.8) is 0 Å². The van der Waals surface area contributed by atoms with Crippen LogP contribution in [0.2, 0.25) is 0 Å². The van der Waals surface area contributed by atoms with Crippen molar-refractivity contribution >= 4 is 22.6 Å². The van der Waals surface area contributed by atoms with Crippen molar-refractivity contribution in [2.75, 3.05) is 0 Å². The Balaban J connectivity index is 0.00000320. The molecule has 7 nitrogen and oxygen atoms in total. The van der Waals surface area contributed by atoms with Gasteiger partial charge in [0, 0.05) is 66.7 Å². The smallest absolute Gasteiger partial charge is 0.251 e. The molecule has 0 saturated heterocycles. The summed E-state index contributed by atoms with van der Waals surface area (Å²) in [6.07, 6.45) is 8.75. The molecule has 0 atom stereocenters. The highest BCUT2D eigenvalue weighted by atomic mass is 16.5. The van der Waals surface area contributed by atoms with E-state index >= 15 is 0 Å². The van der Waals surface area contributed by atoms with E-state index in [2.05, 4.69) is 15.3 Å². The van der Waals surface area contributed by atoms with Gasteiger partial charge < -0.3 is 14.6 Å². The molecule has 0 aliphatic carbocycles. The van der Waals surface area contributed by atoms with Crippen molar-refractivity contribution in [2.24, 2.45) is 0 Å². The van der Waals surface area contributed by atoms with Crippen molar-refractivity contribution in [3.8, 4) is 17.2 Å². The average molecular weight is 479 g/mol. The molecule has 1 amide bonds. The number of pyridine rings is 2. The minimum atomic E-state index is -0.171. The quantitative estimate of drug-likeness (QED) is 0.294. The van der Waals surface area contributed by atoms with Gasteiger partial charge in [0.1, 0.15) is 11.5 Å². The molecule has 3 heterocycles. The lowest BCUT2D eigenvalue weighted by Crippen LogP contribution is -2.23. The summed E-state index contributed by atoms with van der Waals surface area (Å²) in [5, 5.41) is 3.79. The molecule has 0 unspecified atom stereocenters. The molecule has 5 aromatic rings. The van der Waals surface area contributed by atoms with Crippen molar-refractivity contribution in [2.45, 2.75) is 20.4 Å². The van der Waals surface area contributed by atoms with E-state index in [-0.39, 0.29) is 13.1 Å². The van der Waals surface area contributed by atoms with Gasteiger partial charge in [-0.3, -0.25) is 19.6 Å². The van der Waals surface area contributed by atoms with Gasteiger partial charge in [-0.15, -0.1) is 0 Å². The third kappa shape index (κ3) is 4.72. The topological polar surface area (TPSA) is 86.1 Å². The van der Waals surface area contributed by atoms with Crippen LogP contribution in [-0.4, -0.2) is 26.2 Å². The van der Waals surface area contributed by atoms with Crippen molar-refractivity contribution in [1.29, 1.82) is 0 Å². The second-order valence-corrected chi connectivity index (χ2v) is 8.44. The molecule has 0 saturated carbocycles. The molecule has 7 heteroatoms. The van der Waals surface area contributed by atoms with Crippen LogP contribution in [0.3, 0.4) is 0 Å². The highest BCUT2D eigenvalue weighted by molar-refractivity contribution is 5.96. The van der Waals surface area contributed by atoms with Gasteiger partial charge in [0.2, 0.25) is 0 Å². The Morgan fingerprint density at radius 1 is 1.00 bits per heavy atom. The Morgan fingerprint density at radius 3 is 2.61 bits per heavy atom. The Bertz CT molecular complexity index is 1580. The molecular weight excluding hydrogens is 452 g/mol. The van der Waals surface area contributed by atoms with Crippen LogP contribution in [0.5, 0.6) is 11.5 Å². The SMILES string of the molecule is CC(=O)c1ccn(-c2ccc3c(Oc4cccc(C(=O)NCc5ccncc5)c4C)ccnc3c2)c1.[HH]. The molecule has 1 N–H and O–H groups in total. The van der Waals surface area contributed by atoms with E-state index in [9.17, 15) is 9.59 Å². The fourth-order valence-corrected chi connectivity index (χ4v) is 3.99. The third-order valence-corrected chi connectivity index (χ3v) is 6.03. The summed E-state index contributed by atoms with van der Waals surface area (Å²) in [7, 11) is 0. The molecule has 5 rings (SSSR count). The summed E-state index contributed by atoms with van der Waals surface area (Å²) in [6.45, 7) is 3.84. The minimum absolute atomic E-state index is 0. The Kier molecular flexibility index (Phi) is 6.28. The van der Waals surface area contributed by atoms with Gasteiger partial charge in [0.05, 0.1) is 5.52 Å². The summed E-state index contributed by atoms with van der Waals surface area (Å²) in [5.41, 5.74) is 4.57. The summed E-state index contributed by atoms with van der Waals surface area (Å²) in [4.78, 5) is 33.0. The summed E-state index contributed by atoms with van der Waals surface area (Å²) >= 11 is 0. The minimum Gasteiger partial charge on any atom is -0.456 e. The number of nitrogens with zero attached hydrogens (tertiary/aromatic N) is 3. The number of carbonyl (C=O) groups is 2. The standard InChI is InChI=1S/C29H24N4O3.H2/c1-19-24(29(35)32-17-21-8-12-30-13-9-21)4-3-5-27(19)36-28-10-14-31-26-16-23(6-7-25(26)28)33-15-11-22(18-33)20(2)34;/h3-16,18H,17H2,1-2H3,(H,32,35);1H. The van der Waals surface area contributed by atoms with Crippen LogP contribution in [0, 0.1) is 6.92 Å². The first-order valence-corrected chi connectivity index (χ1v) is 11.5. The van der Waals surface area contributed by atoms with Crippen LogP contribution in [-0.2, 0) is 6.54 Å². The van der Waals surface area contributed by atoms with Gasteiger partial charge in [0.15, 0.2) is 5.78 Å². The van der Waals surface area contributed by atoms with E-state index in [1.165, 1.54) is 0 Å². The Hall–Kier alpha value is -4.78. The molecule has 36 heavy (non-hydrogen) atoms. The number of nitrogens with one attached hydrogen (secondary N) is 1. The van der Waals surface area contributed by atoms with E-state index < -0.39 is 0 Å². The number of amides is 1. The number of benzene rings is 2. The number of hydrogen-bond donors (Lipinski definition) is 1. The molecular formula is C29H26N4O3. The van der Waals surface area contributed by atoms with Crippen LogP contribution < -0.4 is 10.1 Å². The lowest BCUT2D eigenvalue weighted by Gasteiger charge is -2.14. The van der Waals surface area contributed by atoms with Crippen LogP contribution in [0.15, 0.2) is 91.6 Å². The zero-order valence-corrected chi connectivity index (χ0v) is 19.9.